The molecule has 2 bridgehead atoms. The molecule has 3 rings (SSSR count). The number of aryl methyl sites for hydroxylation is 2. The molecule has 2 saturated carbocycles. The fraction of sp³-hybridized carbons (Fsp3) is 0.765. The van der Waals surface area contributed by atoms with E-state index < -0.39 is 0 Å². The first-order valence-corrected chi connectivity index (χ1v) is 9.23. The number of nitrogens with zero attached hydrogens (tertiary/aromatic N) is 1. The van der Waals surface area contributed by atoms with Gasteiger partial charge in [-0.3, -0.25) is 4.79 Å². The Hall–Kier alpha value is -0.970. The van der Waals surface area contributed by atoms with Gasteiger partial charge in [0.1, 0.15) is 5.76 Å². The first-order chi connectivity index (χ1) is 10.4. The second-order valence-corrected chi connectivity index (χ2v) is 8.31. The van der Waals surface area contributed by atoms with Crippen molar-refractivity contribution < 1.29 is 9.21 Å². The zero-order valence-electron chi connectivity index (χ0n) is 13.9. The van der Waals surface area contributed by atoms with Gasteiger partial charge < -0.3 is 9.73 Å². The first kappa shape index (κ1) is 15.9. The highest BCUT2D eigenvalue weighted by molar-refractivity contribution is 8.00. The number of oxazole rings is 1. The number of nitrogens with one attached hydrogen (secondary N) is 1. The van der Waals surface area contributed by atoms with Crippen molar-refractivity contribution in [3.8, 4) is 0 Å². The molecule has 122 valence electrons. The number of rotatable bonds is 5. The van der Waals surface area contributed by atoms with Crippen LogP contribution in [0.15, 0.2) is 9.64 Å². The molecule has 1 N–H and O–H groups in total. The molecular formula is C17H26N2O2S. The summed E-state index contributed by atoms with van der Waals surface area (Å²) in [5, 5.41) is 3.63. The molecule has 0 unspecified atom stereocenters. The van der Waals surface area contributed by atoms with Crippen LogP contribution in [-0.2, 0) is 4.79 Å². The van der Waals surface area contributed by atoms with Crippen molar-refractivity contribution >= 4 is 17.7 Å². The Balaban J connectivity index is 1.52. The number of amides is 1. The Kier molecular flexibility index (Phi) is 4.53. The highest BCUT2D eigenvalue weighted by Crippen LogP contribution is 2.49. The van der Waals surface area contributed by atoms with Crippen molar-refractivity contribution in [3.05, 3.63) is 11.5 Å². The summed E-state index contributed by atoms with van der Waals surface area (Å²) in [5.74, 6) is 3.34. The SMILES string of the molecule is Cc1nc(S[C@H](C)C(=O)N[C@H](C)[C@H]2C[C@H]3CC[C@H]2C3)oc1C. The molecule has 4 nitrogen and oxygen atoms in total. The summed E-state index contributed by atoms with van der Waals surface area (Å²) in [7, 11) is 0. The summed E-state index contributed by atoms with van der Waals surface area (Å²) in [5.41, 5.74) is 0.894. The van der Waals surface area contributed by atoms with E-state index in [4.69, 9.17) is 4.42 Å². The summed E-state index contributed by atoms with van der Waals surface area (Å²) in [6.07, 6.45) is 5.43. The lowest BCUT2D eigenvalue weighted by Crippen LogP contribution is -2.43. The molecular weight excluding hydrogens is 296 g/mol. The number of aromatic nitrogens is 1. The Labute approximate surface area is 136 Å². The van der Waals surface area contributed by atoms with Crippen molar-refractivity contribution in [1.82, 2.24) is 10.3 Å². The average Bonchev–Trinajstić information content (AvgIpc) is 3.15. The summed E-state index contributed by atoms with van der Waals surface area (Å²) in [6, 6.07) is 0.277. The van der Waals surface area contributed by atoms with E-state index in [0.717, 1.165) is 23.3 Å². The summed E-state index contributed by atoms with van der Waals surface area (Å²) >= 11 is 1.40. The monoisotopic (exact) mass is 322 g/mol. The lowest BCUT2D eigenvalue weighted by atomic mass is 9.84. The molecule has 1 aromatic heterocycles. The molecule has 2 aliphatic carbocycles. The standard InChI is InChI=1S/C17H26N2O2S/c1-9-11(3)21-17(19-9)22-12(4)16(20)18-10(2)15-8-13-5-6-14(15)7-13/h10,12-15H,5-8H2,1-4H3,(H,18,20)/t10-,12-,13+,14+,15-/m1/s1. The number of carbonyl (C=O) groups is 1. The van der Waals surface area contributed by atoms with Crippen LogP contribution in [0, 0.1) is 31.6 Å². The van der Waals surface area contributed by atoms with Gasteiger partial charge in [0.05, 0.1) is 10.9 Å². The van der Waals surface area contributed by atoms with E-state index in [9.17, 15) is 4.79 Å². The molecule has 5 atom stereocenters. The second-order valence-electron chi connectivity index (χ2n) is 7.02. The minimum absolute atomic E-state index is 0.0915. The van der Waals surface area contributed by atoms with E-state index >= 15 is 0 Å². The van der Waals surface area contributed by atoms with E-state index in [1.54, 1.807) is 0 Å². The molecule has 0 saturated heterocycles. The molecule has 0 aliphatic heterocycles. The van der Waals surface area contributed by atoms with Crippen molar-refractivity contribution in [1.29, 1.82) is 0 Å². The molecule has 1 aromatic rings. The molecule has 2 fully saturated rings. The number of carbonyl (C=O) groups excluding carboxylic acids is 1. The van der Waals surface area contributed by atoms with E-state index in [1.165, 1.54) is 37.4 Å². The van der Waals surface area contributed by atoms with E-state index in [2.05, 4.69) is 17.2 Å². The molecule has 0 aromatic carbocycles. The summed E-state index contributed by atoms with van der Waals surface area (Å²) < 4.78 is 5.55. The van der Waals surface area contributed by atoms with Crippen LogP contribution in [0.5, 0.6) is 0 Å². The van der Waals surface area contributed by atoms with Gasteiger partial charge in [-0.2, -0.15) is 0 Å². The van der Waals surface area contributed by atoms with E-state index in [-0.39, 0.29) is 17.2 Å². The number of fused-ring (bicyclic) bond motifs is 2. The van der Waals surface area contributed by atoms with E-state index in [1.807, 2.05) is 20.8 Å². The third-order valence-electron chi connectivity index (χ3n) is 5.46. The molecule has 5 heteroatoms. The number of thioether (sulfide) groups is 1. The fourth-order valence-electron chi connectivity index (χ4n) is 4.05. The lowest BCUT2D eigenvalue weighted by Gasteiger charge is -2.29. The zero-order chi connectivity index (χ0) is 15.9. The van der Waals surface area contributed by atoms with Crippen molar-refractivity contribution in [2.75, 3.05) is 0 Å². The molecule has 22 heavy (non-hydrogen) atoms. The Morgan fingerprint density at radius 2 is 2.09 bits per heavy atom. The van der Waals surface area contributed by atoms with Crippen LogP contribution in [0.25, 0.3) is 0 Å². The van der Waals surface area contributed by atoms with Crippen LogP contribution in [-0.4, -0.2) is 22.2 Å². The topological polar surface area (TPSA) is 55.1 Å². The molecule has 2 aliphatic rings. The van der Waals surface area contributed by atoms with Gasteiger partial charge in [0.2, 0.25) is 5.91 Å². The first-order valence-electron chi connectivity index (χ1n) is 8.35. The van der Waals surface area contributed by atoms with Gasteiger partial charge in [-0.15, -0.1) is 0 Å². The smallest absolute Gasteiger partial charge is 0.256 e. The molecule has 1 heterocycles. The van der Waals surface area contributed by atoms with Crippen LogP contribution in [0.3, 0.4) is 0 Å². The maximum atomic E-state index is 12.4. The predicted molar refractivity (Wildman–Crippen MR) is 87.8 cm³/mol. The van der Waals surface area contributed by atoms with Gasteiger partial charge in [0.25, 0.3) is 5.22 Å². The maximum Gasteiger partial charge on any atom is 0.256 e. The van der Waals surface area contributed by atoms with Crippen molar-refractivity contribution in [2.24, 2.45) is 17.8 Å². The lowest BCUT2D eigenvalue weighted by molar-refractivity contribution is -0.121. The molecule has 1 amide bonds. The highest BCUT2D eigenvalue weighted by atomic mass is 32.2. The Bertz CT molecular complexity index is 537. The van der Waals surface area contributed by atoms with Gasteiger partial charge in [-0.1, -0.05) is 18.2 Å². The largest absolute Gasteiger partial charge is 0.437 e. The summed E-state index contributed by atoms with van der Waals surface area (Å²) in [6.45, 7) is 7.90. The van der Waals surface area contributed by atoms with Gasteiger partial charge >= 0.3 is 0 Å². The maximum absolute atomic E-state index is 12.4. The Morgan fingerprint density at radius 3 is 2.64 bits per heavy atom. The average molecular weight is 322 g/mol. The minimum atomic E-state index is -0.182. The quantitative estimate of drug-likeness (QED) is 0.840. The third-order valence-corrected chi connectivity index (χ3v) is 6.40. The molecule has 0 radical (unpaired) electrons. The number of hydrogen-bond donors (Lipinski definition) is 1. The van der Waals surface area contributed by atoms with Crippen LogP contribution in [0.4, 0.5) is 0 Å². The van der Waals surface area contributed by atoms with Crippen LogP contribution >= 0.6 is 11.8 Å². The van der Waals surface area contributed by atoms with Crippen molar-refractivity contribution in [3.63, 3.8) is 0 Å². The van der Waals surface area contributed by atoms with Gasteiger partial charge in [0.15, 0.2) is 0 Å². The van der Waals surface area contributed by atoms with Gasteiger partial charge in [-0.05, 0) is 64.7 Å². The predicted octanol–water partition coefficient (Wildman–Crippen LogP) is 3.71. The second kappa shape index (κ2) is 6.26. The van der Waals surface area contributed by atoms with Gasteiger partial charge in [0, 0.05) is 6.04 Å². The fourth-order valence-corrected chi connectivity index (χ4v) is 4.89. The molecule has 0 spiro atoms. The van der Waals surface area contributed by atoms with Crippen LogP contribution < -0.4 is 5.32 Å². The van der Waals surface area contributed by atoms with Crippen LogP contribution in [0.1, 0.15) is 51.0 Å². The Morgan fingerprint density at radius 1 is 1.32 bits per heavy atom. The van der Waals surface area contributed by atoms with Crippen LogP contribution in [0.2, 0.25) is 0 Å². The summed E-state index contributed by atoms with van der Waals surface area (Å²) in [4.78, 5) is 16.7. The number of hydrogen-bond acceptors (Lipinski definition) is 4. The van der Waals surface area contributed by atoms with Gasteiger partial charge in [-0.25, -0.2) is 4.98 Å². The normalized spacial score (nSPS) is 29.5. The third kappa shape index (κ3) is 3.19. The van der Waals surface area contributed by atoms with Crippen molar-refractivity contribution in [2.45, 2.75) is 69.9 Å². The highest BCUT2D eigenvalue weighted by Gasteiger charge is 2.42. The zero-order valence-corrected chi connectivity index (χ0v) is 14.7. The minimum Gasteiger partial charge on any atom is -0.437 e. The van der Waals surface area contributed by atoms with E-state index in [0.29, 0.717) is 11.1 Å².